The highest BCUT2D eigenvalue weighted by atomic mass is 16.5. The number of methoxy groups -OCH3 is 2. The number of aromatic amines is 1. The van der Waals surface area contributed by atoms with E-state index in [9.17, 15) is 4.79 Å². The van der Waals surface area contributed by atoms with E-state index in [4.69, 9.17) is 9.47 Å². The number of benzene rings is 2. The molecule has 1 saturated heterocycles. The van der Waals surface area contributed by atoms with Crippen LogP contribution in [0.25, 0.3) is 11.3 Å². The lowest BCUT2D eigenvalue weighted by molar-refractivity contribution is 0.0790. The molecule has 1 N–H and O–H groups in total. The molecule has 6 heteroatoms. The first-order valence-electron chi connectivity index (χ1n) is 9.30. The molecule has 0 aliphatic carbocycles. The molecule has 144 valence electrons. The number of nitrogens with one attached hydrogen (secondary N) is 1. The first-order valence-corrected chi connectivity index (χ1v) is 9.30. The van der Waals surface area contributed by atoms with Gasteiger partial charge in [-0.3, -0.25) is 9.89 Å². The Hall–Kier alpha value is -3.28. The lowest BCUT2D eigenvalue weighted by Crippen LogP contribution is -2.28. The van der Waals surface area contributed by atoms with Crippen molar-refractivity contribution in [2.45, 2.75) is 12.3 Å². The van der Waals surface area contributed by atoms with E-state index in [1.54, 1.807) is 20.4 Å². The molecule has 1 amide bonds. The van der Waals surface area contributed by atoms with E-state index in [1.807, 2.05) is 53.4 Å². The molecule has 1 aliphatic heterocycles. The predicted molar refractivity (Wildman–Crippen MR) is 107 cm³/mol. The van der Waals surface area contributed by atoms with Gasteiger partial charge in [-0.25, -0.2) is 0 Å². The van der Waals surface area contributed by atoms with Gasteiger partial charge >= 0.3 is 0 Å². The Bertz CT molecular complexity index is 952. The number of carbonyl (C=O) groups excluding carboxylic acids is 1. The maximum absolute atomic E-state index is 12.9. The third-order valence-electron chi connectivity index (χ3n) is 5.30. The molecule has 2 aromatic carbocycles. The van der Waals surface area contributed by atoms with Crippen molar-refractivity contribution in [2.24, 2.45) is 0 Å². The average molecular weight is 377 g/mol. The molecule has 1 atom stereocenters. The summed E-state index contributed by atoms with van der Waals surface area (Å²) in [4.78, 5) is 14.9. The van der Waals surface area contributed by atoms with E-state index in [2.05, 4.69) is 10.2 Å². The van der Waals surface area contributed by atoms with Gasteiger partial charge in [0.15, 0.2) is 0 Å². The monoisotopic (exact) mass is 377 g/mol. The maximum atomic E-state index is 12.9. The second kappa shape index (κ2) is 7.76. The van der Waals surface area contributed by atoms with Gasteiger partial charge in [-0.1, -0.05) is 12.1 Å². The number of aromatic nitrogens is 2. The first kappa shape index (κ1) is 18.1. The molecule has 0 spiro atoms. The van der Waals surface area contributed by atoms with Crippen LogP contribution >= 0.6 is 0 Å². The zero-order chi connectivity index (χ0) is 19.5. The minimum absolute atomic E-state index is 0.0560. The van der Waals surface area contributed by atoms with Gasteiger partial charge in [-0.05, 0) is 48.4 Å². The van der Waals surface area contributed by atoms with Crippen LogP contribution in [-0.2, 0) is 0 Å². The Morgan fingerprint density at radius 2 is 1.93 bits per heavy atom. The van der Waals surface area contributed by atoms with Crippen LogP contribution in [0.3, 0.4) is 0 Å². The highest BCUT2D eigenvalue weighted by molar-refractivity contribution is 5.95. The molecule has 1 aromatic heterocycles. The summed E-state index contributed by atoms with van der Waals surface area (Å²) >= 11 is 0. The number of hydrogen-bond acceptors (Lipinski definition) is 4. The zero-order valence-corrected chi connectivity index (χ0v) is 16.0. The topological polar surface area (TPSA) is 67.5 Å². The fraction of sp³-hybridized carbons (Fsp3) is 0.273. The summed E-state index contributed by atoms with van der Waals surface area (Å²) in [7, 11) is 3.33. The largest absolute Gasteiger partial charge is 0.497 e. The van der Waals surface area contributed by atoms with Gasteiger partial charge in [0.2, 0.25) is 0 Å². The molecule has 3 aromatic rings. The van der Waals surface area contributed by atoms with Crippen molar-refractivity contribution in [1.82, 2.24) is 15.1 Å². The summed E-state index contributed by atoms with van der Waals surface area (Å²) < 4.78 is 10.9. The second-order valence-electron chi connectivity index (χ2n) is 6.89. The summed E-state index contributed by atoms with van der Waals surface area (Å²) in [5.74, 6) is 1.93. The molecule has 0 unspecified atom stereocenters. The Morgan fingerprint density at radius 3 is 2.61 bits per heavy atom. The van der Waals surface area contributed by atoms with Crippen LogP contribution < -0.4 is 9.47 Å². The number of likely N-dealkylation sites (tertiary alicyclic amines) is 1. The number of carbonyl (C=O) groups is 1. The number of ether oxygens (including phenoxy) is 2. The molecular weight excluding hydrogens is 354 g/mol. The van der Waals surface area contributed by atoms with Gasteiger partial charge in [-0.2, -0.15) is 5.10 Å². The van der Waals surface area contributed by atoms with Gasteiger partial charge in [0, 0.05) is 36.3 Å². The third-order valence-corrected chi connectivity index (χ3v) is 5.30. The van der Waals surface area contributed by atoms with Crippen LogP contribution in [0.5, 0.6) is 11.5 Å². The van der Waals surface area contributed by atoms with Crippen molar-refractivity contribution in [3.63, 3.8) is 0 Å². The van der Waals surface area contributed by atoms with Gasteiger partial charge in [0.1, 0.15) is 11.5 Å². The Balaban J connectivity index is 1.49. The smallest absolute Gasteiger partial charge is 0.253 e. The molecule has 1 fully saturated rings. The van der Waals surface area contributed by atoms with Crippen molar-refractivity contribution in [3.8, 4) is 22.8 Å². The van der Waals surface area contributed by atoms with E-state index in [0.29, 0.717) is 12.1 Å². The number of nitrogens with zero attached hydrogens (tertiary/aromatic N) is 2. The van der Waals surface area contributed by atoms with Crippen LogP contribution in [0.1, 0.15) is 28.3 Å². The first-order chi connectivity index (χ1) is 13.7. The summed E-state index contributed by atoms with van der Waals surface area (Å²) in [6.07, 6.45) is 2.62. The van der Waals surface area contributed by atoms with Crippen molar-refractivity contribution >= 4 is 5.91 Å². The van der Waals surface area contributed by atoms with E-state index in [0.717, 1.165) is 41.3 Å². The Morgan fingerprint density at radius 1 is 1.11 bits per heavy atom. The Labute approximate surface area is 164 Å². The SMILES string of the molecule is COc1ccc(OC)c([C@@H]2CCN(C(=O)c3ccc(-c4ccn[nH]4)cc3)C2)c1. The van der Waals surface area contributed by atoms with Gasteiger partial charge in [0.25, 0.3) is 5.91 Å². The number of hydrogen-bond donors (Lipinski definition) is 1. The average Bonchev–Trinajstić information content (AvgIpc) is 3.45. The molecule has 1 aliphatic rings. The van der Waals surface area contributed by atoms with Crippen molar-refractivity contribution in [1.29, 1.82) is 0 Å². The van der Waals surface area contributed by atoms with E-state index in [1.165, 1.54) is 0 Å². The van der Waals surface area contributed by atoms with E-state index < -0.39 is 0 Å². The van der Waals surface area contributed by atoms with Crippen LogP contribution in [0.15, 0.2) is 54.7 Å². The van der Waals surface area contributed by atoms with Crippen LogP contribution in [0.4, 0.5) is 0 Å². The minimum atomic E-state index is 0.0560. The summed E-state index contributed by atoms with van der Waals surface area (Å²) in [6.45, 7) is 1.40. The van der Waals surface area contributed by atoms with Gasteiger partial charge in [-0.15, -0.1) is 0 Å². The number of amides is 1. The fourth-order valence-electron chi connectivity index (χ4n) is 3.75. The predicted octanol–water partition coefficient (Wildman–Crippen LogP) is 3.72. The summed E-state index contributed by atoms with van der Waals surface area (Å²) in [5, 5.41) is 6.90. The molecule has 0 bridgehead atoms. The lowest BCUT2D eigenvalue weighted by atomic mass is 9.97. The highest BCUT2D eigenvalue weighted by Gasteiger charge is 2.30. The molecule has 4 rings (SSSR count). The highest BCUT2D eigenvalue weighted by Crippen LogP contribution is 2.36. The van der Waals surface area contributed by atoms with Crippen molar-refractivity contribution in [3.05, 3.63) is 65.9 Å². The molecule has 0 saturated carbocycles. The van der Waals surface area contributed by atoms with E-state index in [-0.39, 0.29) is 11.8 Å². The molecular formula is C22H23N3O3. The van der Waals surface area contributed by atoms with Gasteiger partial charge in [0.05, 0.1) is 19.9 Å². The quantitative estimate of drug-likeness (QED) is 0.736. The van der Waals surface area contributed by atoms with Crippen LogP contribution in [0, 0.1) is 0 Å². The zero-order valence-electron chi connectivity index (χ0n) is 16.0. The maximum Gasteiger partial charge on any atom is 0.253 e. The number of rotatable bonds is 5. The van der Waals surface area contributed by atoms with Crippen LogP contribution in [-0.4, -0.2) is 48.3 Å². The van der Waals surface area contributed by atoms with E-state index >= 15 is 0 Å². The third kappa shape index (κ3) is 3.45. The standard InChI is InChI=1S/C22H23N3O3/c1-27-18-7-8-21(28-2)19(13-18)17-10-12-25(14-17)22(26)16-5-3-15(4-6-16)20-9-11-23-24-20/h3-9,11,13,17H,10,12,14H2,1-2H3,(H,23,24)/t17-/m1/s1. The number of H-pyrrole nitrogens is 1. The molecule has 28 heavy (non-hydrogen) atoms. The summed E-state index contributed by atoms with van der Waals surface area (Å²) in [5.41, 5.74) is 3.73. The molecule has 0 radical (unpaired) electrons. The molecule has 6 nitrogen and oxygen atoms in total. The Kier molecular flexibility index (Phi) is 5.02. The minimum Gasteiger partial charge on any atom is -0.497 e. The summed E-state index contributed by atoms with van der Waals surface area (Å²) in [6, 6.07) is 15.4. The van der Waals surface area contributed by atoms with Gasteiger partial charge < -0.3 is 14.4 Å². The second-order valence-corrected chi connectivity index (χ2v) is 6.89. The van der Waals surface area contributed by atoms with Crippen LogP contribution in [0.2, 0.25) is 0 Å². The molecule has 2 heterocycles. The normalized spacial score (nSPS) is 16.2. The van der Waals surface area contributed by atoms with Crippen molar-refractivity contribution < 1.29 is 14.3 Å². The lowest BCUT2D eigenvalue weighted by Gasteiger charge is -2.18. The van der Waals surface area contributed by atoms with Crippen molar-refractivity contribution in [2.75, 3.05) is 27.3 Å². The fourth-order valence-corrected chi connectivity index (χ4v) is 3.75.